The molecule has 0 atom stereocenters. The number of ether oxygens (including phenoxy) is 2. The molecule has 2 aromatic rings. The molecule has 1 aromatic carbocycles. The van der Waals surface area contributed by atoms with Crippen LogP contribution in [0.2, 0.25) is 5.02 Å². The number of pyridine rings is 1. The van der Waals surface area contributed by atoms with Gasteiger partial charge in [-0.1, -0.05) is 11.6 Å². The molecule has 6 heteroatoms. The van der Waals surface area contributed by atoms with Crippen LogP contribution in [0.15, 0.2) is 42.7 Å². The number of aromatic nitrogens is 1. The summed E-state index contributed by atoms with van der Waals surface area (Å²) in [7, 11) is 0. The minimum atomic E-state index is -0.00639. The highest BCUT2D eigenvalue weighted by atomic mass is 35.5. The molecule has 2 heterocycles. The van der Waals surface area contributed by atoms with Gasteiger partial charge in [-0.2, -0.15) is 0 Å². The maximum atomic E-state index is 12.7. The van der Waals surface area contributed by atoms with Gasteiger partial charge in [-0.25, -0.2) is 0 Å². The quantitative estimate of drug-likeness (QED) is 0.767. The van der Waals surface area contributed by atoms with Crippen molar-refractivity contribution in [1.82, 2.24) is 9.88 Å². The number of nitrogens with zero attached hydrogens (tertiary/aromatic N) is 2. The Labute approximate surface area is 150 Å². The summed E-state index contributed by atoms with van der Waals surface area (Å²) < 4.78 is 10.7. The van der Waals surface area contributed by atoms with Crippen LogP contribution >= 0.6 is 11.6 Å². The summed E-state index contributed by atoms with van der Waals surface area (Å²) in [5.41, 5.74) is 1.89. The molecule has 128 valence electrons. The van der Waals surface area contributed by atoms with Crippen LogP contribution in [-0.2, 0) is 11.3 Å². The number of halogens is 1. The second-order valence-corrected chi connectivity index (χ2v) is 6.53. The maximum absolute atomic E-state index is 12.7. The van der Waals surface area contributed by atoms with Crippen molar-refractivity contribution < 1.29 is 14.3 Å². The lowest BCUT2D eigenvalue weighted by Crippen LogP contribution is -2.31. The molecular weight excluding hydrogens is 340 g/mol. The molecule has 0 unspecified atom stereocenters. The van der Waals surface area contributed by atoms with Crippen LogP contribution in [0.5, 0.6) is 11.5 Å². The Balaban J connectivity index is 1.50. The van der Waals surface area contributed by atoms with Gasteiger partial charge in [-0.15, -0.1) is 0 Å². The molecule has 1 aliphatic heterocycles. The maximum Gasteiger partial charge on any atom is 0.247 e. The predicted octanol–water partition coefficient (Wildman–Crippen LogP) is 3.67. The van der Waals surface area contributed by atoms with Crippen LogP contribution in [0, 0.1) is 0 Å². The fourth-order valence-electron chi connectivity index (χ4n) is 2.80. The SMILES string of the molecule is O=C(/C=C/c1cc(Cl)c2c(c1)OCO2)N(Cc1ccncc1)C1CC1. The van der Waals surface area contributed by atoms with E-state index in [-0.39, 0.29) is 12.7 Å². The van der Waals surface area contributed by atoms with E-state index in [1.54, 1.807) is 30.6 Å². The van der Waals surface area contributed by atoms with Gasteiger partial charge in [-0.05, 0) is 54.3 Å². The lowest BCUT2D eigenvalue weighted by Gasteiger charge is -2.20. The Morgan fingerprint density at radius 2 is 2.08 bits per heavy atom. The molecule has 0 saturated heterocycles. The van der Waals surface area contributed by atoms with E-state index >= 15 is 0 Å². The molecule has 1 saturated carbocycles. The Morgan fingerprint density at radius 3 is 2.84 bits per heavy atom. The fourth-order valence-corrected chi connectivity index (χ4v) is 3.08. The Kier molecular flexibility index (Phi) is 4.32. The van der Waals surface area contributed by atoms with Crippen molar-refractivity contribution in [2.45, 2.75) is 25.4 Å². The second kappa shape index (κ2) is 6.76. The van der Waals surface area contributed by atoms with Crippen LogP contribution in [0.3, 0.4) is 0 Å². The number of hydrogen-bond donors (Lipinski definition) is 0. The molecule has 1 aromatic heterocycles. The number of benzene rings is 1. The first kappa shape index (κ1) is 16.0. The number of amides is 1. The zero-order valence-corrected chi connectivity index (χ0v) is 14.3. The summed E-state index contributed by atoms with van der Waals surface area (Å²) in [6.45, 7) is 0.765. The van der Waals surface area contributed by atoms with Crippen LogP contribution in [0.25, 0.3) is 6.08 Å². The van der Waals surface area contributed by atoms with Crippen LogP contribution < -0.4 is 9.47 Å². The molecule has 0 bridgehead atoms. The number of carbonyl (C=O) groups excluding carboxylic acids is 1. The zero-order chi connectivity index (χ0) is 17.2. The zero-order valence-electron chi connectivity index (χ0n) is 13.5. The number of carbonyl (C=O) groups is 1. The third-order valence-electron chi connectivity index (χ3n) is 4.24. The molecule has 4 rings (SSSR count). The fraction of sp³-hybridized carbons (Fsp3) is 0.263. The number of hydrogen-bond acceptors (Lipinski definition) is 4. The Morgan fingerprint density at radius 1 is 1.28 bits per heavy atom. The van der Waals surface area contributed by atoms with E-state index in [2.05, 4.69) is 4.98 Å². The van der Waals surface area contributed by atoms with Gasteiger partial charge in [-0.3, -0.25) is 9.78 Å². The van der Waals surface area contributed by atoms with Crippen molar-refractivity contribution >= 4 is 23.6 Å². The minimum Gasteiger partial charge on any atom is -0.454 e. The van der Waals surface area contributed by atoms with Gasteiger partial charge in [0.1, 0.15) is 0 Å². The monoisotopic (exact) mass is 356 g/mol. The lowest BCUT2D eigenvalue weighted by molar-refractivity contribution is -0.127. The molecule has 0 spiro atoms. The predicted molar refractivity (Wildman–Crippen MR) is 94.4 cm³/mol. The van der Waals surface area contributed by atoms with Crippen molar-refractivity contribution in [3.63, 3.8) is 0 Å². The van der Waals surface area contributed by atoms with Crippen LogP contribution in [0.4, 0.5) is 0 Å². The van der Waals surface area contributed by atoms with Gasteiger partial charge in [0.05, 0.1) is 5.02 Å². The smallest absolute Gasteiger partial charge is 0.247 e. The highest BCUT2D eigenvalue weighted by molar-refractivity contribution is 6.32. The number of rotatable bonds is 5. The number of fused-ring (bicyclic) bond motifs is 1. The normalized spacial score (nSPS) is 15.6. The van der Waals surface area contributed by atoms with Gasteiger partial charge in [0.25, 0.3) is 0 Å². The third-order valence-corrected chi connectivity index (χ3v) is 4.52. The first-order chi connectivity index (χ1) is 12.2. The van der Waals surface area contributed by atoms with E-state index in [1.807, 2.05) is 23.1 Å². The van der Waals surface area contributed by atoms with E-state index in [9.17, 15) is 4.79 Å². The van der Waals surface area contributed by atoms with Crippen molar-refractivity contribution in [3.05, 3.63) is 58.9 Å². The summed E-state index contributed by atoms with van der Waals surface area (Å²) in [6.07, 6.45) is 8.96. The van der Waals surface area contributed by atoms with E-state index in [4.69, 9.17) is 21.1 Å². The van der Waals surface area contributed by atoms with Gasteiger partial charge >= 0.3 is 0 Å². The summed E-state index contributed by atoms with van der Waals surface area (Å²) in [4.78, 5) is 18.6. The van der Waals surface area contributed by atoms with E-state index < -0.39 is 0 Å². The topological polar surface area (TPSA) is 51.7 Å². The van der Waals surface area contributed by atoms with Gasteiger partial charge in [0, 0.05) is 31.1 Å². The summed E-state index contributed by atoms with van der Waals surface area (Å²) in [6, 6.07) is 7.78. The summed E-state index contributed by atoms with van der Waals surface area (Å²) in [5, 5.41) is 0.484. The average Bonchev–Trinajstić information content (AvgIpc) is 3.35. The lowest BCUT2D eigenvalue weighted by atomic mass is 10.1. The van der Waals surface area contributed by atoms with Gasteiger partial charge in [0.15, 0.2) is 11.5 Å². The van der Waals surface area contributed by atoms with Crippen LogP contribution in [-0.4, -0.2) is 28.6 Å². The largest absolute Gasteiger partial charge is 0.454 e. The first-order valence-corrected chi connectivity index (χ1v) is 8.55. The molecule has 0 N–H and O–H groups in total. The van der Waals surface area contributed by atoms with Gasteiger partial charge < -0.3 is 14.4 Å². The van der Waals surface area contributed by atoms with E-state index in [1.165, 1.54) is 0 Å². The molecule has 1 fully saturated rings. The second-order valence-electron chi connectivity index (χ2n) is 6.12. The highest BCUT2D eigenvalue weighted by Gasteiger charge is 2.31. The standard InChI is InChI=1S/C19H17ClN2O3/c20-16-9-14(10-17-19(16)25-12-24-17)1-4-18(23)22(15-2-3-15)11-13-5-7-21-8-6-13/h1,4-10,15H,2-3,11-12H2/b4-1+. The van der Waals surface area contributed by atoms with Crippen molar-refractivity contribution in [2.24, 2.45) is 0 Å². The minimum absolute atomic E-state index is 0.00639. The van der Waals surface area contributed by atoms with Crippen molar-refractivity contribution in [1.29, 1.82) is 0 Å². The highest BCUT2D eigenvalue weighted by Crippen LogP contribution is 2.40. The average molecular weight is 357 g/mol. The summed E-state index contributed by atoms with van der Waals surface area (Å²) in [5.74, 6) is 1.16. The van der Waals surface area contributed by atoms with Gasteiger partial charge in [0.2, 0.25) is 12.7 Å². The van der Waals surface area contributed by atoms with Crippen molar-refractivity contribution in [3.8, 4) is 11.5 Å². The first-order valence-electron chi connectivity index (χ1n) is 8.17. The molecule has 5 nitrogen and oxygen atoms in total. The molecule has 1 aliphatic carbocycles. The molecule has 2 aliphatic rings. The van der Waals surface area contributed by atoms with E-state index in [0.29, 0.717) is 29.1 Å². The van der Waals surface area contributed by atoms with Crippen LogP contribution in [0.1, 0.15) is 24.0 Å². The Hall–Kier alpha value is -2.53. The molecular formula is C19H17ClN2O3. The Bertz CT molecular complexity index is 819. The molecule has 0 radical (unpaired) electrons. The third kappa shape index (κ3) is 3.61. The summed E-state index contributed by atoms with van der Waals surface area (Å²) >= 11 is 6.18. The van der Waals surface area contributed by atoms with E-state index in [0.717, 1.165) is 24.0 Å². The molecule has 1 amide bonds. The van der Waals surface area contributed by atoms with Crippen molar-refractivity contribution in [2.75, 3.05) is 6.79 Å². The molecule has 25 heavy (non-hydrogen) atoms.